The normalized spacial score (nSPS) is 9.57. The molecule has 0 atom stereocenters. The van der Waals surface area contributed by atoms with Crippen molar-refractivity contribution in [1.82, 2.24) is 0 Å². The van der Waals surface area contributed by atoms with Gasteiger partial charge in [-0.15, -0.1) is 0 Å². The van der Waals surface area contributed by atoms with Gasteiger partial charge in [0.25, 0.3) is 0 Å². The van der Waals surface area contributed by atoms with Crippen molar-refractivity contribution in [3.63, 3.8) is 0 Å². The van der Waals surface area contributed by atoms with Crippen molar-refractivity contribution in [3.8, 4) is 23.0 Å². The number of phenolic OH excluding ortho intramolecular Hbond substituents is 2. The smallest absolute Gasteiger partial charge is 0.316 e. The summed E-state index contributed by atoms with van der Waals surface area (Å²) in [5.74, 6) is -0.0319. The molecular formula is C14H13Cl2NO6. The number of ether oxygens (including phenoxy) is 2. The van der Waals surface area contributed by atoms with Crippen LogP contribution in [0.4, 0.5) is 5.69 Å². The Kier molecular flexibility index (Phi) is 6.74. The predicted molar refractivity (Wildman–Crippen MR) is 86.0 cm³/mol. The maximum Gasteiger partial charge on any atom is 0.316 e. The monoisotopic (exact) mass is 361 g/mol. The summed E-state index contributed by atoms with van der Waals surface area (Å²) in [6.07, 6.45) is 0. The lowest BCUT2D eigenvalue weighted by Crippen LogP contribution is -1.91. The van der Waals surface area contributed by atoms with Gasteiger partial charge in [-0.1, -0.05) is 23.2 Å². The molecular weight excluding hydrogens is 349 g/mol. The third-order valence-corrected chi connectivity index (χ3v) is 3.03. The second kappa shape index (κ2) is 8.30. The van der Waals surface area contributed by atoms with Crippen molar-refractivity contribution < 1.29 is 24.6 Å². The number of benzene rings is 2. The molecule has 0 aliphatic carbocycles. The fraction of sp³-hybridized carbons (Fsp3) is 0.143. The molecule has 2 N–H and O–H groups in total. The zero-order valence-corrected chi connectivity index (χ0v) is 13.6. The Morgan fingerprint density at radius 1 is 1.00 bits per heavy atom. The highest BCUT2D eigenvalue weighted by Crippen LogP contribution is 2.38. The molecule has 0 aliphatic rings. The van der Waals surface area contributed by atoms with E-state index in [0.717, 1.165) is 6.07 Å². The lowest BCUT2D eigenvalue weighted by atomic mass is 10.3. The summed E-state index contributed by atoms with van der Waals surface area (Å²) >= 11 is 11.2. The van der Waals surface area contributed by atoms with Crippen LogP contribution in [0.1, 0.15) is 0 Å². The Morgan fingerprint density at radius 3 is 2.04 bits per heavy atom. The van der Waals surface area contributed by atoms with Crippen LogP contribution in [0.15, 0.2) is 30.3 Å². The molecule has 7 nitrogen and oxygen atoms in total. The second-order valence-corrected chi connectivity index (χ2v) is 4.92. The average Bonchev–Trinajstić information content (AvgIpc) is 2.51. The van der Waals surface area contributed by atoms with Crippen molar-refractivity contribution in [3.05, 3.63) is 50.5 Å². The molecule has 0 bridgehead atoms. The van der Waals surface area contributed by atoms with Gasteiger partial charge in [-0.05, 0) is 12.1 Å². The van der Waals surface area contributed by atoms with E-state index >= 15 is 0 Å². The van der Waals surface area contributed by atoms with Gasteiger partial charge < -0.3 is 19.7 Å². The van der Waals surface area contributed by atoms with Gasteiger partial charge in [0.1, 0.15) is 0 Å². The molecule has 0 unspecified atom stereocenters. The number of methoxy groups -OCH3 is 2. The average molecular weight is 362 g/mol. The summed E-state index contributed by atoms with van der Waals surface area (Å²) in [5.41, 5.74) is -0.468. The van der Waals surface area contributed by atoms with E-state index in [1.165, 1.54) is 26.4 Å². The zero-order chi connectivity index (χ0) is 17.6. The number of hydrogen-bond acceptors (Lipinski definition) is 6. The highest BCUT2D eigenvalue weighted by Gasteiger charge is 2.18. The van der Waals surface area contributed by atoms with Crippen LogP contribution in [0, 0.1) is 10.1 Å². The van der Waals surface area contributed by atoms with E-state index in [9.17, 15) is 15.2 Å². The Morgan fingerprint density at radius 2 is 1.57 bits per heavy atom. The number of hydrogen-bond donors (Lipinski definition) is 2. The number of nitrogens with zero attached hydrogens (tertiary/aromatic N) is 1. The fourth-order valence-corrected chi connectivity index (χ4v) is 1.87. The van der Waals surface area contributed by atoms with Gasteiger partial charge >= 0.3 is 5.69 Å². The van der Waals surface area contributed by atoms with E-state index in [4.69, 9.17) is 33.0 Å². The van der Waals surface area contributed by atoms with E-state index in [1.54, 1.807) is 12.1 Å². The minimum absolute atomic E-state index is 0.0146. The number of nitro benzene ring substituents is 1. The predicted octanol–water partition coefficient (Wildman–Crippen LogP) is 4.02. The standard InChI is InChI=1S/C7H6ClNO4.C7H7ClO2/c1-13-6-3-4(8)2-5(7(6)10)9(11)12;1-10-7-4-5(8)2-3-6(7)9/h2-3,10H,1H3;2-4,9H,1H3. The Bertz CT molecular complexity index is 708. The number of halogens is 2. The van der Waals surface area contributed by atoms with E-state index in [2.05, 4.69) is 4.74 Å². The van der Waals surface area contributed by atoms with Crippen LogP contribution in [0.5, 0.6) is 23.0 Å². The molecule has 124 valence electrons. The Labute approximate surface area is 141 Å². The summed E-state index contributed by atoms with van der Waals surface area (Å²) in [6, 6.07) is 6.99. The molecule has 2 aromatic rings. The zero-order valence-electron chi connectivity index (χ0n) is 12.1. The first kappa shape index (κ1) is 18.7. The maximum absolute atomic E-state index is 10.4. The van der Waals surface area contributed by atoms with Crippen LogP contribution in [-0.2, 0) is 0 Å². The highest BCUT2D eigenvalue weighted by molar-refractivity contribution is 6.31. The third-order valence-electron chi connectivity index (χ3n) is 2.58. The highest BCUT2D eigenvalue weighted by atomic mass is 35.5. The van der Waals surface area contributed by atoms with Crippen LogP contribution in [0.25, 0.3) is 0 Å². The summed E-state index contributed by atoms with van der Waals surface area (Å²) in [5, 5.41) is 29.4. The van der Waals surface area contributed by atoms with Crippen molar-refractivity contribution >= 4 is 28.9 Å². The summed E-state index contributed by atoms with van der Waals surface area (Å²) in [6.45, 7) is 0. The molecule has 0 amide bonds. The number of phenols is 2. The van der Waals surface area contributed by atoms with Crippen LogP contribution >= 0.6 is 23.2 Å². The topological polar surface area (TPSA) is 102 Å². The van der Waals surface area contributed by atoms with Gasteiger partial charge in [0.05, 0.1) is 24.2 Å². The molecule has 0 aliphatic heterocycles. The molecule has 23 heavy (non-hydrogen) atoms. The van der Waals surface area contributed by atoms with Crippen molar-refractivity contribution in [1.29, 1.82) is 0 Å². The molecule has 9 heteroatoms. The van der Waals surface area contributed by atoms with Crippen LogP contribution in [0.3, 0.4) is 0 Å². The van der Waals surface area contributed by atoms with E-state index in [0.29, 0.717) is 10.8 Å². The molecule has 0 aromatic heterocycles. The number of aromatic hydroxyl groups is 2. The third kappa shape index (κ3) is 5.08. The molecule has 0 heterocycles. The molecule has 2 rings (SSSR count). The summed E-state index contributed by atoms with van der Waals surface area (Å²) < 4.78 is 9.47. The van der Waals surface area contributed by atoms with Gasteiger partial charge in [-0.2, -0.15) is 0 Å². The quantitative estimate of drug-likeness (QED) is 0.632. The number of nitro groups is 1. The van der Waals surface area contributed by atoms with E-state index in [1.807, 2.05) is 0 Å². The lowest BCUT2D eigenvalue weighted by molar-refractivity contribution is -0.385. The first-order valence-corrected chi connectivity index (χ1v) is 6.79. The molecule has 0 spiro atoms. The van der Waals surface area contributed by atoms with E-state index in [-0.39, 0.29) is 16.5 Å². The summed E-state index contributed by atoms with van der Waals surface area (Å²) in [7, 11) is 2.76. The van der Waals surface area contributed by atoms with E-state index < -0.39 is 16.4 Å². The van der Waals surface area contributed by atoms with Gasteiger partial charge in [0.2, 0.25) is 5.75 Å². The summed E-state index contributed by atoms with van der Waals surface area (Å²) in [4.78, 5) is 9.64. The van der Waals surface area contributed by atoms with Crippen LogP contribution < -0.4 is 9.47 Å². The van der Waals surface area contributed by atoms with Crippen LogP contribution in [-0.4, -0.2) is 29.4 Å². The van der Waals surface area contributed by atoms with Gasteiger partial charge in [-0.3, -0.25) is 10.1 Å². The first-order valence-electron chi connectivity index (χ1n) is 6.03. The van der Waals surface area contributed by atoms with Gasteiger partial charge in [0, 0.05) is 23.2 Å². The fourth-order valence-electron chi connectivity index (χ4n) is 1.51. The van der Waals surface area contributed by atoms with Crippen molar-refractivity contribution in [2.24, 2.45) is 0 Å². The van der Waals surface area contributed by atoms with Gasteiger partial charge in [0.15, 0.2) is 17.2 Å². The molecule has 0 saturated carbocycles. The Balaban J connectivity index is 0.000000238. The van der Waals surface area contributed by atoms with Crippen molar-refractivity contribution in [2.75, 3.05) is 14.2 Å². The Hall–Kier alpha value is -2.38. The minimum atomic E-state index is -0.732. The molecule has 0 saturated heterocycles. The molecule has 2 aromatic carbocycles. The molecule has 0 radical (unpaired) electrons. The molecule has 0 fully saturated rings. The van der Waals surface area contributed by atoms with Crippen molar-refractivity contribution in [2.45, 2.75) is 0 Å². The lowest BCUT2D eigenvalue weighted by Gasteiger charge is -2.03. The van der Waals surface area contributed by atoms with Gasteiger partial charge in [-0.25, -0.2) is 0 Å². The number of rotatable bonds is 3. The largest absolute Gasteiger partial charge is 0.504 e. The first-order chi connectivity index (χ1) is 10.8. The SMILES string of the molecule is COc1cc(Cl)cc([N+](=O)[O-])c1O.COc1cc(Cl)ccc1O. The second-order valence-electron chi connectivity index (χ2n) is 4.05. The maximum atomic E-state index is 10.4. The van der Waals surface area contributed by atoms with Crippen LogP contribution in [0.2, 0.25) is 10.0 Å². The minimum Gasteiger partial charge on any atom is -0.504 e.